The summed E-state index contributed by atoms with van der Waals surface area (Å²) in [6.07, 6.45) is 5.27. The molecule has 154 valence electrons. The van der Waals surface area contributed by atoms with Gasteiger partial charge in [0.2, 0.25) is 17.7 Å². The first kappa shape index (κ1) is 18.8. The fraction of sp³-hybridized carbons (Fsp3) is 0.609. The van der Waals surface area contributed by atoms with E-state index in [4.69, 9.17) is 4.42 Å². The number of aryl methyl sites for hydroxylation is 1. The quantitative estimate of drug-likeness (QED) is 0.780. The molecule has 0 radical (unpaired) electrons. The van der Waals surface area contributed by atoms with E-state index in [1.807, 2.05) is 6.92 Å². The molecule has 6 heteroatoms. The van der Waals surface area contributed by atoms with Crippen molar-refractivity contribution in [3.8, 4) is 0 Å². The summed E-state index contributed by atoms with van der Waals surface area (Å²) in [6, 6.07) is 10.7. The van der Waals surface area contributed by atoms with Gasteiger partial charge in [0, 0.05) is 45.6 Å². The Morgan fingerprint density at radius 3 is 2.59 bits per heavy atom. The third kappa shape index (κ3) is 3.82. The highest BCUT2D eigenvalue weighted by molar-refractivity contribution is 5.81. The highest BCUT2D eigenvalue weighted by Gasteiger charge is 2.51. The molecule has 3 aliphatic rings. The molecule has 1 aromatic carbocycles. The number of likely N-dealkylation sites (tertiary alicyclic amines) is 2. The maximum atomic E-state index is 12.5. The smallest absolute Gasteiger partial charge is 0.225 e. The van der Waals surface area contributed by atoms with E-state index in [9.17, 15) is 4.79 Å². The zero-order valence-corrected chi connectivity index (χ0v) is 17.2. The van der Waals surface area contributed by atoms with E-state index >= 15 is 0 Å². The normalized spacial score (nSPS) is 24.3. The molecule has 29 heavy (non-hydrogen) atoms. The van der Waals surface area contributed by atoms with Gasteiger partial charge in [-0.1, -0.05) is 30.3 Å². The van der Waals surface area contributed by atoms with Crippen LogP contribution in [0.5, 0.6) is 0 Å². The molecule has 3 fully saturated rings. The number of nitrogens with zero attached hydrogens (tertiary/aromatic N) is 4. The zero-order valence-electron chi connectivity index (χ0n) is 17.2. The minimum Gasteiger partial charge on any atom is -0.425 e. The van der Waals surface area contributed by atoms with Crippen LogP contribution in [0.1, 0.15) is 48.9 Å². The molecule has 6 nitrogen and oxygen atoms in total. The number of hydrogen-bond donors (Lipinski definition) is 0. The molecule has 1 amide bonds. The van der Waals surface area contributed by atoms with Crippen molar-refractivity contribution in [2.24, 2.45) is 11.3 Å². The minimum absolute atomic E-state index is 0.135. The van der Waals surface area contributed by atoms with E-state index in [1.54, 1.807) is 0 Å². The average Bonchev–Trinajstić information content (AvgIpc) is 3.42. The van der Waals surface area contributed by atoms with Crippen molar-refractivity contribution in [1.29, 1.82) is 0 Å². The molecule has 0 bridgehead atoms. The van der Waals surface area contributed by atoms with Crippen LogP contribution in [0, 0.1) is 18.3 Å². The van der Waals surface area contributed by atoms with Crippen molar-refractivity contribution in [3.05, 3.63) is 47.7 Å². The number of hydrogen-bond acceptors (Lipinski definition) is 5. The fourth-order valence-corrected chi connectivity index (χ4v) is 5.23. The van der Waals surface area contributed by atoms with Gasteiger partial charge in [0.25, 0.3) is 0 Å². The van der Waals surface area contributed by atoms with Crippen LogP contribution in [0.15, 0.2) is 34.7 Å². The third-order valence-corrected chi connectivity index (χ3v) is 7.12. The molecular weight excluding hydrogens is 364 g/mol. The Bertz CT molecular complexity index is 853. The van der Waals surface area contributed by atoms with Crippen molar-refractivity contribution >= 4 is 5.91 Å². The first-order valence-electron chi connectivity index (χ1n) is 11.0. The molecule has 1 aromatic heterocycles. The van der Waals surface area contributed by atoms with Crippen LogP contribution in [0.4, 0.5) is 0 Å². The Morgan fingerprint density at radius 1 is 1.17 bits per heavy atom. The Kier molecular flexibility index (Phi) is 4.90. The van der Waals surface area contributed by atoms with Gasteiger partial charge < -0.3 is 14.2 Å². The van der Waals surface area contributed by atoms with Crippen molar-refractivity contribution in [1.82, 2.24) is 20.0 Å². The number of carbonyl (C=O) groups is 1. The second kappa shape index (κ2) is 7.56. The maximum absolute atomic E-state index is 12.5. The monoisotopic (exact) mass is 394 g/mol. The summed E-state index contributed by atoms with van der Waals surface area (Å²) in [5.41, 5.74) is 1.51. The molecule has 1 spiro atoms. The van der Waals surface area contributed by atoms with Crippen molar-refractivity contribution < 1.29 is 9.21 Å². The van der Waals surface area contributed by atoms with Gasteiger partial charge in [0.05, 0.1) is 5.92 Å². The average molecular weight is 395 g/mol. The Labute approximate surface area is 172 Å². The number of aromatic nitrogens is 2. The van der Waals surface area contributed by atoms with E-state index in [2.05, 4.69) is 50.3 Å². The van der Waals surface area contributed by atoms with Crippen LogP contribution >= 0.6 is 0 Å². The highest BCUT2D eigenvalue weighted by atomic mass is 16.4. The summed E-state index contributed by atoms with van der Waals surface area (Å²) in [5.74, 6) is 2.37. The van der Waals surface area contributed by atoms with Crippen LogP contribution in [-0.2, 0) is 11.2 Å². The number of amides is 1. The lowest BCUT2D eigenvalue weighted by Crippen LogP contribution is -2.46. The molecule has 2 aliphatic heterocycles. The van der Waals surface area contributed by atoms with Gasteiger partial charge in [-0.2, -0.15) is 0 Å². The van der Waals surface area contributed by atoms with Gasteiger partial charge in [0.1, 0.15) is 0 Å². The van der Waals surface area contributed by atoms with Gasteiger partial charge in [-0.05, 0) is 43.1 Å². The third-order valence-electron chi connectivity index (χ3n) is 7.12. The summed E-state index contributed by atoms with van der Waals surface area (Å²) in [6.45, 7) is 6.65. The number of carbonyl (C=O) groups excluding carboxylic acids is 1. The lowest BCUT2D eigenvalue weighted by atomic mass is 9.70. The lowest BCUT2D eigenvalue weighted by Gasteiger charge is -2.42. The van der Waals surface area contributed by atoms with Gasteiger partial charge in [-0.15, -0.1) is 10.2 Å². The van der Waals surface area contributed by atoms with E-state index in [1.165, 1.54) is 5.56 Å². The Hall–Kier alpha value is -2.21. The molecule has 3 heterocycles. The molecule has 2 saturated heterocycles. The van der Waals surface area contributed by atoms with E-state index in [0.29, 0.717) is 17.7 Å². The fourth-order valence-electron chi connectivity index (χ4n) is 5.23. The molecular formula is C23H30N4O2. The summed E-state index contributed by atoms with van der Waals surface area (Å²) in [5, 5.41) is 8.50. The largest absolute Gasteiger partial charge is 0.425 e. The molecule has 1 atom stereocenters. The summed E-state index contributed by atoms with van der Waals surface area (Å²) in [4.78, 5) is 17.2. The van der Waals surface area contributed by atoms with Crippen LogP contribution in [0.3, 0.4) is 0 Å². The second-order valence-electron chi connectivity index (χ2n) is 9.14. The van der Waals surface area contributed by atoms with Crippen LogP contribution < -0.4 is 0 Å². The summed E-state index contributed by atoms with van der Waals surface area (Å²) in [7, 11) is 0. The molecule has 1 unspecified atom stereocenters. The van der Waals surface area contributed by atoms with E-state index < -0.39 is 0 Å². The maximum Gasteiger partial charge on any atom is 0.225 e. The van der Waals surface area contributed by atoms with Gasteiger partial charge in [0.15, 0.2) is 0 Å². The molecule has 0 N–H and O–H groups in total. The second-order valence-corrected chi connectivity index (χ2v) is 9.14. The predicted molar refractivity (Wildman–Crippen MR) is 109 cm³/mol. The SMILES string of the molecule is Cc1nnc(C2CN(CCc3ccccc3)CC23CCN(C(=O)C2CC2)CC3)o1. The summed E-state index contributed by atoms with van der Waals surface area (Å²) >= 11 is 0. The first-order valence-corrected chi connectivity index (χ1v) is 11.0. The molecule has 1 aliphatic carbocycles. The van der Waals surface area contributed by atoms with Gasteiger partial charge >= 0.3 is 0 Å². The summed E-state index contributed by atoms with van der Waals surface area (Å²) < 4.78 is 5.90. The van der Waals surface area contributed by atoms with Crippen LogP contribution in [0.25, 0.3) is 0 Å². The van der Waals surface area contributed by atoms with E-state index in [0.717, 1.165) is 70.7 Å². The first-order chi connectivity index (χ1) is 14.1. The van der Waals surface area contributed by atoms with Crippen molar-refractivity contribution in [2.45, 2.75) is 44.9 Å². The Balaban J connectivity index is 1.30. The minimum atomic E-state index is 0.135. The standard InChI is InChI=1S/C23H30N4O2/c1-17-24-25-21(29-17)20-15-26(12-9-18-5-3-2-4-6-18)16-23(20)10-13-27(14-11-23)22(28)19-7-8-19/h2-6,19-20H,7-16H2,1H3. The van der Waals surface area contributed by atoms with Crippen LogP contribution in [-0.4, -0.2) is 58.6 Å². The predicted octanol–water partition coefficient (Wildman–Crippen LogP) is 3.04. The molecule has 5 rings (SSSR count). The zero-order chi connectivity index (χ0) is 19.8. The topological polar surface area (TPSA) is 62.5 Å². The Morgan fingerprint density at radius 2 is 1.93 bits per heavy atom. The molecule has 2 aromatic rings. The van der Waals surface area contributed by atoms with Crippen molar-refractivity contribution in [3.63, 3.8) is 0 Å². The number of rotatable bonds is 5. The van der Waals surface area contributed by atoms with E-state index in [-0.39, 0.29) is 11.3 Å². The highest BCUT2D eigenvalue weighted by Crippen LogP contribution is 2.50. The molecule has 1 saturated carbocycles. The van der Waals surface area contributed by atoms with Crippen LogP contribution in [0.2, 0.25) is 0 Å². The number of benzene rings is 1. The van der Waals surface area contributed by atoms with Gasteiger partial charge in [-0.25, -0.2) is 0 Å². The lowest BCUT2D eigenvalue weighted by molar-refractivity contribution is -0.135. The van der Waals surface area contributed by atoms with Gasteiger partial charge in [-0.3, -0.25) is 4.79 Å². The number of piperidine rings is 1. The van der Waals surface area contributed by atoms with Crippen molar-refractivity contribution in [2.75, 3.05) is 32.7 Å².